The van der Waals surface area contributed by atoms with E-state index in [0.29, 0.717) is 18.4 Å². The lowest BCUT2D eigenvalue weighted by atomic mass is 9.97. The van der Waals surface area contributed by atoms with E-state index in [-0.39, 0.29) is 30.5 Å². The summed E-state index contributed by atoms with van der Waals surface area (Å²) in [5.74, 6) is 2.51. The van der Waals surface area contributed by atoms with Crippen LogP contribution in [0.5, 0.6) is 0 Å². The largest absolute Gasteiger partial charge is 0.444 e. The molecule has 1 aliphatic heterocycles. The number of piperidine rings is 1. The first-order valence-electron chi connectivity index (χ1n) is 8.93. The summed E-state index contributed by atoms with van der Waals surface area (Å²) in [4.78, 5) is 10.7. The summed E-state index contributed by atoms with van der Waals surface area (Å²) in [5, 5.41) is 5.83. The Kier molecular flexibility index (Phi) is 9.85. The minimum Gasteiger partial charge on any atom is -0.444 e. The van der Waals surface area contributed by atoms with Crippen molar-refractivity contribution in [2.24, 2.45) is 10.9 Å². The predicted molar refractivity (Wildman–Crippen MR) is 109 cm³/mol. The van der Waals surface area contributed by atoms with E-state index in [2.05, 4.69) is 25.5 Å². The van der Waals surface area contributed by atoms with Crippen LogP contribution in [0.4, 0.5) is 13.2 Å². The summed E-state index contributed by atoms with van der Waals surface area (Å²) in [6.45, 7) is 7.01. The number of aryl methyl sites for hydroxylation is 2. The molecule has 0 bridgehead atoms. The van der Waals surface area contributed by atoms with E-state index < -0.39 is 12.6 Å². The fraction of sp³-hybridized carbons (Fsp3) is 0.765. The maximum absolute atomic E-state index is 12.2. The zero-order valence-electron chi connectivity index (χ0n) is 16.0. The second kappa shape index (κ2) is 11.1. The molecule has 10 heteroatoms. The summed E-state index contributed by atoms with van der Waals surface area (Å²) in [6.07, 6.45) is -2.99. The summed E-state index contributed by atoms with van der Waals surface area (Å²) in [7, 11) is 1.56. The standard InChI is InChI=1S/C17H28F3N5O.HI/c1-12-13(2)26-15(24-12)11-25-8-4-14(5-9-25)10-23-16(21-3)22-7-6-17(18,19)20;/h14H,4-11H2,1-3H3,(H2,21,22,23);1H. The lowest BCUT2D eigenvalue weighted by Crippen LogP contribution is -2.43. The van der Waals surface area contributed by atoms with Gasteiger partial charge in [0.15, 0.2) is 5.96 Å². The number of aliphatic imine (C=N–C) groups is 1. The highest BCUT2D eigenvalue weighted by Crippen LogP contribution is 2.20. The molecule has 2 rings (SSSR count). The molecule has 2 N–H and O–H groups in total. The van der Waals surface area contributed by atoms with E-state index in [1.54, 1.807) is 7.05 Å². The van der Waals surface area contributed by atoms with Crippen molar-refractivity contribution in [3.8, 4) is 0 Å². The highest BCUT2D eigenvalue weighted by atomic mass is 127. The third-order valence-corrected chi connectivity index (χ3v) is 4.62. The van der Waals surface area contributed by atoms with Gasteiger partial charge in [-0.05, 0) is 45.7 Å². The number of aromatic nitrogens is 1. The third-order valence-electron chi connectivity index (χ3n) is 4.62. The molecular formula is C17H29F3IN5O. The maximum Gasteiger partial charge on any atom is 0.390 e. The van der Waals surface area contributed by atoms with Gasteiger partial charge in [0.05, 0.1) is 18.7 Å². The molecule has 1 aliphatic rings. The highest BCUT2D eigenvalue weighted by Gasteiger charge is 2.26. The number of hydrogen-bond acceptors (Lipinski definition) is 4. The Morgan fingerprint density at radius 1 is 1.26 bits per heavy atom. The highest BCUT2D eigenvalue weighted by molar-refractivity contribution is 14.0. The molecule has 156 valence electrons. The maximum atomic E-state index is 12.2. The van der Waals surface area contributed by atoms with E-state index in [1.165, 1.54) is 0 Å². The molecule has 2 heterocycles. The van der Waals surface area contributed by atoms with Crippen LogP contribution in [-0.2, 0) is 6.54 Å². The minimum absolute atomic E-state index is 0. The van der Waals surface area contributed by atoms with Crippen molar-refractivity contribution in [2.75, 3.05) is 33.2 Å². The van der Waals surface area contributed by atoms with Gasteiger partial charge in [-0.25, -0.2) is 4.98 Å². The van der Waals surface area contributed by atoms with E-state index >= 15 is 0 Å². The first kappa shape index (κ1) is 24.0. The van der Waals surface area contributed by atoms with Crippen LogP contribution >= 0.6 is 24.0 Å². The van der Waals surface area contributed by atoms with Gasteiger partial charge in [-0.3, -0.25) is 9.89 Å². The first-order chi connectivity index (χ1) is 12.3. The van der Waals surface area contributed by atoms with Crippen LogP contribution in [0, 0.1) is 19.8 Å². The van der Waals surface area contributed by atoms with E-state index in [9.17, 15) is 13.2 Å². The van der Waals surface area contributed by atoms with Gasteiger partial charge in [0.1, 0.15) is 5.76 Å². The van der Waals surface area contributed by atoms with E-state index in [0.717, 1.165) is 49.8 Å². The first-order valence-corrected chi connectivity index (χ1v) is 8.93. The summed E-state index contributed by atoms with van der Waals surface area (Å²) in [6, 6.07) is 0. The molecule has 0 spiro atoms. The monoisotopic (exact) mass is 503 g/mol. The van der Waals surface area contributed by atoms with Crippen molar-refractivity contribution in [1.82, 2.24) is 20.5 Å². The summed E-state index contributed by atoms with van der Waals surface area (Å²) < 4.78 is 42.2. The number of alkyl halides is 3. The van der Waals surface area contributed by atoms with Crippen molar-refractivity contribution >= 4 is 29.9 Å². The second-order valence-electron chi connectivity index (χ2n) is 6.71. The van der Waals surface area contributed by atoms with Crippen LogP contribution in [0.2, 0.25) is 0 Å². The number of likely N-dealkylation sites (tertiary alicyclic amines) is 1. The number of oxazole rings is 1. The van der Waals surface area contributed by atoms with E-state index in [1.807, 2.05) is 13.8 Å². The fourth-order valence-electron chi connectivity index (χ4n) is 2.93. The van der Waals surface area contributed by atoms with Gasteiger partial charge in [0.25, 0.3) is 0 Å². The van der Waals surface area contributed by atoms with Gasteiger partial charge < -0.3 is 15.1 Å². The average molecular weight is 503 g/mol. The van der Waals surface area contributed by atoms with E-state index in [4.69, 9.17) is 4.42 Å². The molecule has 27 heavy (non-hydrogen) atoms. The molecule has 0 atom stereocenters. The quantitative estimate of drug-likeness (QED) is 0.355. The average Bonchev–Trinajstić information content (AvgIpc) is 2.88. The predicted octanol–water partition coefficient (Wildman–Crippen LogP) is 3.24. The van der Waals surface area contributed by atoms with Gasteiger partial charge in [-0.2, -0.15) is 13.2 Å². The van der Waals surface area contributed by atoms with Gasteiger partial charge in [0.2, 0.25) is 5.89 Å². The third kappa shape index (κ3) is 8.67. The zero-order chi connectivity index (χ0) is 19.2. The molecular weight excluding hydrogens is 474 g/mol. The summed E-state index contributed by atoms with van der Waals surface area (Å²) in [5.41, 5.74) is 0.934. The topological polar surface area (TPSA) is 65.7 Å². The Balaban J connectivity index is 0.00000364. The Bertz CT molecular complexity index is 578. The van der Waals surface area contributed by atoms with Crippen LogP contribution in [0.3, 0.4) is 0 Å². The normalized spacial score (nSPS) is 16.9. The van der Waals surface area contributed by atoms with Crippen LogP contribution in [0.15, 0.2) is 9.41 Å². The molecule has 0 aliphatic carbocycles. The number of nitrogens with zero attached hydrogens (tertiary/aromatic N) is 3. The Morgan fingerprint density at radius 2 is 1.93 bits per heavy atom. The fourth-order valence-corrected chi connectivity index (χ4v) is 2.93. The molecule has 1 saturated heterocycles. The second-order valence-corrected chi connectivity index (χ2v) is 6.71. The number of guanidine groups is 1. The van der Waals surface area contributed by atoms with Gasteiger partial charge in [-0.15, -0.1) is 24.0 Å². The van der Waals surface area contributed by atoms with Crippen LogP contribution in [0.1, 0.15) is 36.6 Å². The van der Waals surface area contributed by atoms with Crippen LogP contribution < -0.4 is 10.6 Å². The molecule has 6 nitrogen and oxygen atoms in total. The number of halogens is 4. The summed E-state index contributed by atoms with van der Waals surface area (Å²) >= 11 is 0. The number of nitrogens with one attached hydrogen (secondary N) is 2. The van der Waals surface area contributed by atoms with Crippen molar-refractivity contribution in [3.05, 3.63) is 17.3 Å². The molecule has 1 fully saturated rings. The molecule has 0 saturated carbocycles. The van der Waals surface area contributed by atoms with Crippen LogP contribution in [0.25, 0.3) is 0 Å². The molecule has 1 aromatic rings. The molecule has 1 aromatic heterocycles. The van der Waals surface area contributed by atoms with Crippen molar-refractivity contribution in [2.45, 2.75) is 45.8 Å². The van der Waals surface area contributed by atoms with Crippen molar-refractivity contribution in [1.29, 1.82) is 0 Å². The van der Waals surface area contributed by atoms with Gasteiger partial charge in [0, 0.05) is 20.1 Å². The Hall–Kier alpha value is -1.04. The molecule has 0 radical (unpaired) electrons. The minimum atomic E-state index is -4.15. The molecule has 0 unspecified atom stereocenters. The SMILES string of the molecule is CN=C(NCCC(F)(F)F)NCC1CCN(Cc2nc(C)c(C)o2)CC1.I. The van der Waals surface area contributed by atoms with Crippen molar-refractivity contribution in [3.63, 3.8) is 0 Å². The molecule has 0 amide bonds. The van der Waals surface area contributed by atoms with Gasteiger partial charge >= 0.3 is 6.18 Å². The zero-order valence-corrected chi connectivity index (χ0v) is 18.4. The smallest absolute Gasteiger partial charge is 0.390 e. The number of rotatable bonds is 6. The lowest BCUT2D eigenvalue weighted by molar-refractivity contribution is -0.132. The van der Waals surface area contributed by atoms with Gasteiger partial charge in [-0.1, -0.05) is 0 Å². The number of hydrogen-bond donors (Lipinski definition) is 2. The van der Waals surface area contributed by atoms with Crippen LogP contribution in [-0.4, -0.2) is 55.2 Å². The van der Waals surface area contributed by atoms with Crippen molar-refractivity contribution < 1.29 is 17.6 Å². The molecule has 0 aromatic carbocycles. The Labute approximate surface area is 175 Å². The Morgan fingerprint density at radius 3 is 2.44 bits per heavy atom. The lowest BCUT2D eigenvalue weighted by Gasteiger charge is -2.31.